The third kappa shape index (κ3) is 3.40. The van der Waals surface area contributed by atoms with Gasteiger partial charge in [0.1, 0.15) is 0 Å². The van der Waals surface area contributed by atoms with E-state index in [1.165, 1.54) is 0 Å². The highest BCUT2D eigenvalue weighted by atomic mass is 16.4. The van der Waals surface area contributed by atoms with E-state index in [1.54, 1.807) is 28.9 Å². The fourth-order valence-corrected chi connectivity index (χ4v) is 3.31. The first kappa shape index (κ1) is 17.2. The van der Waals surface area contributed by atoms with Crippen LogP contribution in [0.2, 0.25) is 0 Å². The zero-order valence-electron chi connectivity index (χ0n) is 15.2. The van der Waals surface area contributed by atoms with Crippen LogP contribution in [-0.4, -0.2) is 31.7 Å². The van der Waals surface area contributed by atoms with Gasteiger partial charge in [0.15, 0.2) is 5.65 Å². The van der Waals surface area contributed by atoms with Crippen LogP contribution in [0.1, 0.15) is 46.1 Å². The molecule has 0 bridgehead atoms. The number of rotatable bonds is 5. The van der Waals surface area contributed by atoms with E-state index in [4.69, 9.17) is 10.1 Å². The van der Waals surface area contributed by atoms with Crippen molar-refractivity contribution in [3.05, 3.63) is 52.8 Å². The fraction of sp³-hybridized carbons (Fsp3) is 0.300. The molecule has 1 aromatic carbocycles. The monoisotopic (exact) mass is 364 g/mol. The maximum atomic E-state index is 13.0. The topological polar surface area (TPSA) is 97.1 Å². The van der Waals surface area contributed by atoms with Crippen LogP contribution in [0, 0.1) is 6.92 Å². The van der Waals surface area contributed by atoms with Crippen molar-refractivity contribution < 1.29 is 14.7 Å². The van der Waals surface area contributed by atoms with Gasteiger partial charge in [0.2, 0.25) is 0 Å². The van der Waals surface area contributed by atoms with Gasteiger partial charge in [-0.1, -0.05) is 12.1 Å². The molecular formula is C20H20N4O3. The average molecular weight is 364 g/mol. The summed E-state index contributed by atoms with van der Waals surface area (Å²) in [5.41, 5.74) is 4.30. The number of fused-ring (bicyclic) bond motifs is 1. The van der Waals surface area contributed by atoms with Crippen molar-refractivity contribution in [1.82, 2.24) is 14.8 Å². The number of nitrogens with zero attached hydrogens (tertiary/aromatic N) is 3. The Morgan fingerprint density at radius 3 is 2.59 bits per heavy atom. The summed E-state index contributed by atoms with van der Waals surface area (Å²) in [7, 11) is 1.84. The molecular weight excluding hydrogens is 344 g/mol. The molecule has 7 heteroatoms. The van der Waals surface area contributed by atoms with E-state index in [0.29, 0.717) is 22.7 Å². The number of carbonyl (C=O) groups is 2. The first-order valence-electron chi connectivity index (χ1n) is 8.88. The molecule has 0 spiro atoms. The lowest BCUT2D eigenvalue weighted by Gasteiger charge is -2.09. The number of carboxylic acids is 1. The Balaban J connectivity index is 1.67. The van der Waals surface area contributed by atoms with Crippen LogP contribution in [0.4, 0.5) is 5.69 Å². The van der Waals surface area contributed by atoms with E-state index in [-0.39, 0.29) is 12.3 Å². The lowest BCUT2D eigenvalue weighted by molar-refractivity contribution is -0.136. The van der Waals surface area contributed by atoms with Gasteiger partial charge in [0, 0.05) is 24.3 Å². The summed E-state index contributed by atoms with van der Waals surface area (Å²) in [6, 6.07) is 8.72. The summed E-state index contributed by atoms with van der Waals surface area (Å²) in [5, 5.41) is 16.9. The van der Waals surface area contributed by atoms with Gasteiger partial charge in [-0.05, 0) is 43.5 Å². The second kappa shape index (κ2) is 6.50. The molecule has 7 nitrogen and oxygen atoms in total. The smallest absolute Gasteiger partial charge is 0.307 e. The van der Waals surface area contributed by atoms with Crippen LogP contribution in [0.15, 0.2) is 30.3 Å². The number of hydrogen-bond acceptors (Lipinski definition) is 4. The molecule has 138 valence electrons. The summed E-state index contributed by atoms with van der Waals surface area (Å²) >= 11 is 0. The highest BCUT2D eigenvalue weighted by Gasteiger charge is 2.28. The van der Waals surface area contributed by atoms with Crippen molar-refractivity contribution in [2.45, 2.75) is 32.1 Å². The molecule has 4 rings (SSSR count). The second-order valence-electron chi connectivity index (χ2n) is 7.00. The van der Waals surface area contributed by atoms with Crippen molar-refractivity contribution in [2.75, 3.05) is 5.32 Å². The van der Waals surface area contributed by atoms with E-state index in [0.717, 1.165) is 35.3 Å². The minimum Gasteiger partial charge on any atom is -0.481 e. The predicted octanol–water partition coefficient (Wildman–Crippen LogP) is 3.03. The second-order valence-corrected chi connectivity index (χ2v) is 7.00. The maximum absolute atomic E-state index is 13.0. The molecule has 2 heterocycles. The SMILES string of the molecule is Cc1nn(C)c2nc(C3CC3)cc(C(=O)Nc3ccc(CC(=O)O)cc3)c12. The van der Waals surface area contributed by atoms with Crippen molar-refractivity contribution in [2.24, 2.45) is 7.05 Å². The van der Waals surface area contributed by atoms with Crippen LogP contribution in [0.5, 0.6) is 0 Å². The van der Waals surface area contributed by atoms with Crippen molar-refractivity contribution in [1.29, 1.82) is 0 Å². The number of nitrogens with one attached hydrogen (secondary N) is 1. The van der Waals surface area contributed by atoms with Crippen LogP contribution in [0.25, 0.3) is 11.0 Å². The molecule has 1 amide bonds. The Hall–Kier alpha value is -3.22. The molecule has 1 aliphatic carbocycles. The Morgan fingerprint density at radius 2 is 1.96 bits per heavy atom. The fourth-order valence-electron chi connectivity index (χ4n) is 3.31. The van der Waals surface area contributed by atoms with Crippen LogP contribution < -0.4 is 5.32 Å². The lowest BCUT2D eigenvalue weighted by atomic mass is 10.1. The number of amides is 1. The van der Waals surface area contributed by atoms with Crippen LogP contribution >= 0.6 is 0 Å². The first-order valence-corrected chi connectivity index (χ1v) is 8.88. The molecule has 0 saturated heterocycles. The maximum Gasteiger partial charge on any atom is 0.307 e. The van der Waals surface area contributed by atoms with Crippen molar-refractivity contribution in [3.63, 3.8) is 0 Å². The Morgan fingerprint density at radius 1 is 1.26 bits per heavy atom. The van der Waals surface area contributed by atoms with Gasteiger partial charge in [-0.3, -0.25) is 14.3 Å². The van der Waals surface area contributed by atoms with Gasteiger partial charge >= 0.3 is 5.97 Å². The highest BCUT2D eigenvalue weighted by Crippen LogP contribution is 2.40. The van der Waals surface area contributed by atoms with E-state index in [1.807, 2.05) is 20.0 Å². The van der Waals surface area contributed by atoms with Crippen LogP contribution in [-0.2, 0) is 18.3 Å². The molecule has 27 heavy (non-hydrogen) atoms. The molecule has 0 radical (unpaired) electrons. The summed E-state index contributed by atoms with van der Waals surface area (Å²) in [5.74, 6) is -0.677. The number of aryl methyl sites for hydroxylation is 2. The normalized spacial score (nSPS) is 13.7. The molecule has 1 aliphatic rings. The molecule has 3 aromatic rings. The highest BCUT2D eigenvalue weighted by molar-refractivity contribution is 6.12. The van der Waals surface area contributed by atoms with Gasteiger partial charge in [0.05, 0.1) is 23.1 Å². The third-order valence-corrected chi connectivity index (χ3v) is 4.80. The molecule has 0 atom stereocenters. The number of carbonyl (C=O) groups excluding carboxylic acids is 1. The quantitative estimate of drug-likeness (QED) is 0.725. The molecule has 1 fully saturated rings. The minimum absolute atomic E-state index is 0.0428. The summed E-state index contributed by atoms with van der Waals surface area (Å²) in [4.78, 5) is 28.5. The van der Waals surface area contributed by atoms with E-state index >= 15 is 0 Å². The Kier molecular flexibility index (Phi) is 4.14. The van der Waals surface area contributed by atoms with Gasteiger partial charge in [0.25, 0.3) is 5.91 Å². The predicted molar refractivity (Wildman–Crippen MR) is 101 cm³/mol. The van der Waals surface area contributed by atoms with Crippen LogP contribution in [0.3, 0.4) is 0 Å². The van der Waals surface area contributed by atoms with Gasteiger partial charge in [-0.15, -0.1) is 0 Å². The number of anilines is 1. The zero-order valence-corrected chi connectivity index (χ0v) is 15.2. The average Bonchev–Trinajstić information content (AvgIpc) is 3.42. The molecule has 1 saturated carbocycles. The van der Waals surface area contributed by atoms with Crippen molar-refractivity contribution in [3.8, 4) is 0 Å². The third-order valence-electron chi connectivity index (χ3n) is 4.80. The number of aliphatic carboxylic acids is 1. The number of pyridine rings is 1. The number of hydrogen-bond donors (Lipinski definition) is 2. The van der Waals surface area contributed by atoms with E-state index in [9.17, 15) is 9.59 Å². The number of aromatic nitrogens is 3. The zero-order chi connectivity index (χ0) is 19.1. The van der Waals surface area contributed by atoms with E-state index in [2.05, 4.69) is 10.4 Å². The van der Waals surface area contributed by atoms with Crippen molar-refractivity contribution >= 4 is 28.6 Å². The Bertz CT molecular complexity index is 1050. The largest absolute Gasteiger partial charge is 0.481 e. The summed E-state index contributed by atoms with van der Waals surface area (Å²) in [6.45, 7) is 1.87. The standard InChI is InChI=1S/C20H20N4O3/c1-11-18-15(10-16(13-5-6-13)22-19(18)24(2)23-11)20(27)21-14-7-3-12(4-8-14)9-17(25)26/h3-4,7-8,10,13H,5-6,9H2,1-2H3,(H,21,27)(H,25,26). The molecule has 2 N–H and O–H groups in total. The molecule has 2 aromatic heterocycles. The minimum atomic E-state index is -0.884. The number of carboxylic acid groups (broad SMARTS) is 1. The lowest BCUT2D eigenvalue weighted by Crippen LogP contribution is -2.14. The Labute approximate surface area is 156 Å². The summed E-state index contributed by atoms with van der Waals surface area (Å²) in [6.07, 6.45) is 2.15. The molecule has 0 unspecified atom stereocenters. The van der Waals surface area contributed by atoms with Gasteiger partial charge in [-0.2, -0.15) is 5.10 Å². The van der Waals surface area contributed by atoms with Gasteiger partial charge < -0.3 is 10.4 Å². The summed E-state index contributed by atoms with van der Waals surface area (Å²) < 4.78 is 1.72. The first-order chi connectivity index (χ1) is 12.9. The molecule has 0 aliphatic heterocycles. The van der Waals surface area contributed by atoms with Gasteiger partial charge in [-0.25, -0.2) is 4.98 Å². The van der Waals surface area contributed by atoms with E-state index < -0.39 is 5.97 Å². The number of benzene rings is 1.